The molecule has 0 unspecified atom stereocenters. The van der Waals surface area contributed by atoms with Gasteiger partial charge in [-0.2, -0.15) is 0 Å². The summed E-state index contributed by atoms with van der Waals surface area (Å²) in [5.74, 6) is 0.763. The zero-order chi connectivity index (χ0) is 16.2. The number of amides is 1. The monoisotopic (exact) mass is 313 g/mol. The van der Waals surface area contributed by atoms with Crippen LogP contribution in [-0.4, -0.2) is 41.1 Å². The Bertz CT molecular complexity index is 661. The van der Waals surface area contributed by atoms with Gasteiger partial charge in [0.15, 0.2) is 0 Å². The van der Waals surface area contributed by atoms with Gasteiger partial charge in [0.25, 0.3) is 0 Å². The number of para-hydroxylation sites is 1. The van der Waals surface area contributed by atoms with E-state index in [-0.39, 0.29) is 5.91 Å². The van der Waals surface area contributed by atoms with Gasteiger partial charge in [0, 0.05) is 43.8 Å². The number of nitrogens with one attached hydrogen (secondary N) is 1. The van der Waals surface area contributed by atoms with Gasteiger partial charge < -0.3 is 14.8 Å². The number of benzene rings is 1. The van der Waals surface area contributed by atoms with Crippen LogP contribution in [0.3, 0.4) is 0 Å². The van der Waals surface area contributed by atoms with Crippen molar-refractivity contribution in [1.82, 2.24) is 14.8 Å². The van der Waals surface area contributed by atoms with Gasteiger partial charge in [-0.25, -0.2) is 0 Å². The van der Waals surface area contributed by atoms with Crippen LogP contribution in [0.25, 0.3) is 10.9 Å². The summed E-state index contributed by atoms with van der Waals surface area (Å²) in [6, 6.07) is 11.0. The van der Waals surface area contributed by atoms with Crippen LogP contribution in [0.2, 0.25) is 0 Å². The van der Waals surface area contributed by atoms with Crippen molar-refractivity contribution in [3.05, 3.63) is 36.5 Å². The molecular formula is C19H27N3O. The molecule has 0 radical (unpaired) electrons. The number of aryl methyl sites for hydroxylation is 1. The standard InChI is InChI=1S/C19H27N3O/c1-15(2)22-10-7-16(14-22)13-20-19(23)9-12-21-11-8-17-5-3-4-6-18(17)21/h3-6,8,11,15-16H,7,9-10,12-14H2,1-2H3,(H,20,23)/t16-/m0/s1. The summed E-state index contributed by atoms with van der Waals surface area (Å²) in [4.78, 5) is 14.6. The SMILES string of the molecule is CC(C)N1CC[C@@H](CNC(=O)CCn2ccc3ccccc32)C1. The van der Waals surface area contributed by atoms with E-state index in [1.54, 1.807) is 0 Å². The molecule has 1 fully saturated rings. The molecule has 4 nitrogen and oxygen atoms in total. The Labute approximate surface area is 138 Å². The van der Waals surface area contributed by atoms with Crippen LogP contribution in [0.1, 0.15) is 26.7 Å². The van der Waals surface area contributed by atoms with Crippen LogP contribution < -0.4 is 5.32 Å². The highest BCUT2D eigenvalue weighted by Crippen LogP contribution is 2.18. The lowest BCUT2D eigenvalue weighted by Crippen LogP contribution is -2.33. The first kappa shape index (κ1) is 16.1. The van der Waals surface area contributed by atoms with Gasteiger partial charge in [-0.05, 0) is 50.2 Å². The highest BCUT2D eigenvalue weighted by molar-refractivity contribution is 5.80. The molecule has 1 aromatic heterocycles. The molecule has 1 aliphatic heterocycles. The highest BCUT2D eigenvalue weighted by atomic mass is 16.1. The van der Waals surface area contributed by atoms with Crippen molar-refractivity contribution in [3.63, 3.8) is 0 Å². The molecule has 4 heteroatoms. The maximum absolute atomic E-state index is 12.1. The van der Waals surface area contributed by atoms with Gasteiger partial charge in [0.1, 0.15) is 0 Å². The summed E-state index contributed by atoms with van der Waals surface area (Å²) < 4.78 is 2.16. The first-order chi connectivity index (χ1) is 11.1. The molecule has 0 spiro atoms. The average Bonchev–Trinajstić information content (AvgIpc) is 3.18. The third-order valence-electron chi connectivity index (χ3n) is 4.90. The molecule has 1 N–H and O–H groups in total. The molecule has 2 heterocycles. The Morgan fingerprint density at radius 1 is 1.30 bits per heavy atom. The van der Waals surface area contributed by atoms with Gasteiger partial charge in [0.2, 0.25) is 5.91 Å². The molecule has 1 saturated heterocycles. The summed E-state index contributed by atoms with van der Waals surface area (Å²) >= 11 is 0. The number of nitrogens with zero attached hydrogens (tertiary/aromatic N) is 2. The molecule has 0 bridgehead atoms. The second-order valence-electron chi connectivity index (χ2n) is 6.87. The number of likely N-dealkylation sites (tertiary alicyclic amines) is 1. The Morgan fingerprint density at radius 3 is 2.91 bits per heavy atom. The van der Waals surface area contributed by atoms with Crippen LogP contribution in [0.5, 0.6) is 0 Å². The normalized spacial score (nSPS) is 18.8. The zero-order valence-electron chi connectivity index (χ0n) is 14.2. The fourth-order valence-electron chi connectivity index (χ4n) is 3.40. The number of rotatable bonds is 6. The van der Waals surface area contributed by atoms with Crippen molar-refractivity contribution in [2.45, 2.75) is 39.3 Å². The second kappa shape index (κ2) is 7.18. The van der Waals surface area contributed by atoms with Gasteiger partial charge in [0.05, 0.1) is 0 Å². The smallest absolute Gasteiger partial charge is 0.221 e. The van der Waals surface area contributed by atoms with E-state index in [0.717, 1.165) is 26.2 Å². The molecule has 23 heavy (non-hydrogen) atoms. The quantitative estimate of drug-likeness (QED) is 0.890. The van der Waals surface area contributed by atoms with Crippen molar-refractivity contribution in [3.8, 4) is 0 Å². The van der Waals surface area contributed by atoms with Crippen molar-refractivity contribution in [2.75, 3.05) is 19.6 Å². The number of carbonyl (C=O) groups excluding carboxylic acids is 1. The summed E-state index contributed by atoms with van der Waals surface area (Å²) in [5.41, 5.74) is 1.20. The first-order valence-electron chi connectivity index (χ1n) is 8.68. The molecule has 0 saturated carbocycles. The number of fused-ring (bicyclic) bond motifs is 1. The minimum absolute atomic E-state index is 0.158. The number of hydrogen-bond donors (Lipinski definition) is 1. The second-order valence-corrected chi connectivity index (χ2v) is 6.87. The summed E-state index contributed by atoms with van der Waals surface area (Å²) in [6.07, 6.45) is 3.80. The maximum Gasteiger partial charge on any atom is 0.221 e. The molecule has 124 valence electrons. The molecule has 3 rings (SSSR count). The van der Waals surface area contributed by atoms with E-state index in [1.807, 2.05) is 12.1 Å². The predicted octanol–water partition coefficient (Wildman–Crippen LogP) is 2.88. The Hall–Kier alpha value is -1.81. The van der Waals surface area contributed by atoms with Gasteiger partial charge in [-0.1, -0.05) is 18.2 Å². The molecule has 1 atom stereocenters. The van der Waals surface area contributed by atoms with Crippen molar-refractivity contribution < 1.29 is 4.79 Å². The molecule has 1 aromatic carbocycles. The van der Waals surface area contributed by atoms with E-state index in [1.165, 1.54) is 17.3 Å². The van der Waals surface area contributed by atoms with Crippen molar-refractivity contribution in [1.29, 1.82) is 0 Å². The third kappa shape index (κ3) is 3.94. The number of carbonyl (C=O) groups is 1. The van der Waals surface area contributed by atoms with Crippen molar-refractivity contribution >= 4 is 16.8 Å². The van der Waals surface area contributed by atoms with E-state index in [9.17, 15) is 4.79 Å². The van der Waals surface area contributed by atoms with E-state index in [2.05, 4.69) is 53.0 Å². The first-order valence-corrected chi connectivity index (χ1v) is 8.68. The van der Waals surface area contributed by atoms with Crippen LogP contribution >= 0.6 is 0 Å². The third-order valence-corrected chi connectivity index (χ3v) is 4.90. The molecule has 0 aliphatic carbocycles. The minimum Gasteiger partial charge on any atom is -0.356 e. The molecule has 1 aliphatic rings. The average molecular weight is 313 g/mol. The van der Waals surface area contributed by atoms with E-state index in [4.69, 9.17) is 0 Å². The highest BCUT2D eigenvalue weighted by Gasteiger charge is 2.24. The molecule has 1 amide bonds. The molecule has 2 aromatic rings. The minimum atomic E-state index is 0.158. The number of aromatic nitrogens is 1. The largest absolute Gasteiger partial charge is 0.356 e. The Morgan fingerprint density at radius 2 is 2.13 bits per heavy atom. The van der Waals surface area contributed by atoms with E-state index < -0.39 is 0 Å². The maximum atomic E-state index is 12.1. The van der Waals surface area contributed by atoms with Crippen LogP contribution in [0.15, 0.2) is 36.5 Å². The summed E-state index contributed by atoms with van der Waals surface area (Å²) in [7, 11) is 0. The van der Waals surface area contributed by atoms with E-state index in [0.29, 0.717) is 18.4 Å². The topological polar surface area (TPSA) is 37.3 Å². The summed E-state index contributed by atoms with van der Waals surface area (Å²) in [6.45, 7) is 8.30. The Balaban J connectivity index is 1.43. The Kier molecular flexibility index (Phi) is 5.01. The van der Waals surface area contributed by atoms with Gasteiger partial charge >= 0.3 is 0 Å². The van der Waals surface area contributed by atoms with Crippen LogP contribution in [0, 0.1) is 5.92 Å². The molecular weight excluding hydrogens is 286 g/mol. The lowest BCUT2D eigenvalue weighted by Gasteiger charge is -2.20. The van der Waals surface area contributed by atoms with Crippen LogP contribution in [-0.2, 0) is 11.3 Å². The van der Waals surface area contributed by atoms with Crippen molar-refractivity contribution in [2.24, 2.45) is 5.92 Å². The van der Waals surface area contributed by atoms with Gasteiger partial charge in [-0.15, -0.1) is 0 Å². The predicted molar refractivity (Wildman–Crippen MR) is 94.4 cm³/mol. The fraction of sp³-hybridized carbons (Fsp3) is 0.526. The van der Waals surface area contributed by atoms with Crippen LogP contribution in [0.4, 0.5) is 0 Å². The number of hydrogen-bond acceptors (Lipinski definition) is 2. The van der Waals surface area contributed by atoms with E-state index >= 15 is 0 Å². The lowest BCUT2D eigenvalue weighted by molar-refractivity contribution is -0.121. The summed E-state index contributed by atoms with van der Waals surface area (Å²) in [5, 5.41) is 4.34. The van der Waals surface area contributed by atoms with Gasteiger partial charge in [-0.3, -0.25) is 4.79 Å². The lowest BCUT2D eigenvalue weighted by atomic mass is 10.1. The zero-order valence-corrected chi connectivity index (χ0v) is 14.2. The fourth-order valence-corrected chi connectivity index (χ4v) is 3.40.